The molecule has 2 aromatic rings. The van der Waals surface area contributed by atoms with E-state index in [0.29, 0.717) is 5.56 Å². The van der Waals surface area contributed by atoms with Crippen molar-refractivity contribution in [2.75, 3.05) is 7.11 Å². The zero-order valence-corrected chi connectivity index (χ0v) is 11.1. The van der Waals surface area contributed by atoms with Gasteiger partial charge in [-0.2, -0.15) is 5.26 Å². The van der Waals surface area contributed by atoms with E-state index in [1.54, 1.807) is 20.4 Å². The first kappa shape index (κ1) is 12.9. The van der Waals surface area contributed by atoms with Crippen molar-refractivity contribution in [3.05, 3.63) is 51.9 Å². The Morgan fingerprint density at radius 3 is 2.42 bits per heavy atom. The number of hydrogen-bond donors (Lipinski definition) is 0. The number of nitriles is 1. The number of methoxy groups -OCH3 is 1. The molecule has 0 N–H and O–H groups in total. The molecule has 1 heterocycles. The third-order valence-corrected chi connectivity index (χ3v) is 3.06. The van der Waals surface area contributed by atoms with Gasteiger partial charge >= 0.3 is 0 Å². The Morgan fingerprint density at radius 1 is 1.26 bits per heavy atom. The summed E-state index contributed by atoms with van der Waals surface area (Å²) in [7, 11) is 3.24. The lowest BCUT2D eigenvalue weighted by Crippen LogP contribution is -2.20. The summed E-state index contributed by atoms with van der Waals surface area (Å²) in [6.45, 7) is 1.89. The maximum Gasteiger partial charge on any atom is 0.268 e. The fraction of sp³-hybridized carbons (Fsp3) is 0.200. The molecule has 0 bridgehead atoms. The molecular weight excluding hydrogens is 240 g/mol. The Balaban J connectivity index is 2.71. The van der Waals surface area contributed by atoms with Gasteiger partial charge in [-0.25, -0.2) is 0 Å². The Kier molecular flexibility index (Phi) is 3.39. The highest BCUT2D eigenvalue weighted by atomic mass is 16.5. The molecule has 0 spiro atoms. The van der Waals surface area contributed by atoms with Crippen LogP contribution < -0.4 is 10.3 Å². The normalized spacial score (nSPS) is 10.0. The Labute approximate surface area is 111 Å². The molecule has 0 aliphatic carbocycles. The largest absolute Gasteiger partial charge is 0.497 e. The molecule has 19 heavy (non-hydrogen) atoms. The smallest absolute Gasteiger partial charge is 0.268 e. The van der Waals surface area contributed by atoms with Crippen molar-refractivity contribution in [2.45, 2.75) is 6.92 Å². The number of aromatic nitrogens is 1. The van der Waals surface area contributed by atoms with Gasteiger partial charge in [0, 0.05) is 18.8 Å². The fourth-order valence-electron chi connectivity index (χ4n) is 2.13. The van der Waals surface area contributed by atoms with Gasteiger partial charge in [0.15, 0.2) is 0 Å². The molecule has 0 aliphatic heterocycles. The van der Waals surface area contributed by atoms with Crippen LogP contribution in [0, 0.1) is 18.3 Å². The van der Waals surface area contributed by atoms with Gasteiger partial charge < -0.3 is 9.30 Å². The minimum atomic E-state index is -0.279. The average Bonchev–Trinajstić information content (AvgIpc) is 2.42. The quantitative estimate of drug-likeness (QED) is 0.825. The molecule has 4 nitrogen and oxygen atoms in total. The summed E-state index contributed by atoms with van der Waals surface area (Å²) < 4.78 is 6.54. The second-order valence-electron chi connectivity index (χ2n) is 4.32. The molecule has 0 saturated heterocycles. The van der Waals surface area contributed by atoms with Crippen molar-refractivity contribution in [3.8, 4) is 22.9 Å². The highest BCUT2D eigenvalue weighted by Crippen LogP contribution is 2.26. The van der Waals surface area contributed by atoms with Crippen molar-refractivity contribution in [1.29, 1.82) is 5.26 Å². The van der Waals surface area contributed by atoms with Gasteiger partial charge in [0.05, 0.1) is 7.11 Å². The number of pyridine rings is 1. The highest BCUT2D eigenvalue weighted by Gasteiger charge is 2.13. The number of hydrogen-bond acceptors (Lipinski definition) is 3. The number of benzene rings is 1. The van der Waals surface area contributed by atoms with E-state index < -0.39 is 0 Å². The number of rotatable bonds is 2. The van der Waals surface area contributed by atoms with Gasteiger partial charge in [-0.1, -0.05) is 12.1 Å². The van der Waals surface area contributed by atoms with Crippen molar-refractivity contribution >= 4 is 0 Å². The van der Waals surface area contributed by atoms with Crippen LogP contribution in [0.1, 0.15) is 11.1 Å². The fourth-order valence-corrected chi connectivity index (χ4v) is 2.13. The molecule has 0 amide bonds. The number of nitrogens with zero attached hydrogens (tertiary/aromatic N) is 2. The van der Waals surface area contributed by atoms with Crippen LogP contribution in [0.5, 0.6) is 5.75 Å². The van der Waals surface area contributed by atoms with Crippen LogP contribution in [0.15, 0.2) is 35.3 Å². The molecule has 0 fully saturated rings. The van der Waals surface area contributed by atoms with E-state index in [2.05, 4.69) is 0 Å². The molecule has 0 atom stereocenters. The van der Waals surface area contributed by atoms with E-state index in [4.69, 9.17) is 4.74 Å². The molecule has 0 aliphatic rings. The topological polar surface area (TPSA) is 55.0 Å². The molecule has 4 heteroatoms. The van der Waals surface area contributed by atoms with E-state index in [1.165, 1.54) is 4.57 Å². The standard InChI is InChI=1S/C15H14N2O2/c1-10-9-17(2)15(18)13(8-16)14(10)11-4-6-12(19-3)7-5-11/h4-7,9H,1-3H3. The third kappa shape index (κ3) is 2.23. The first-order chi connectivity index (χ1) is 9.08. The Bertz CT molecular complexity index is 707. The van der Waals surface area contributed by atoms with Crippen LogP contribution in [-0.2, 0) is 7.05 Å². The van der Waals surface area contributed by atoms with Gasteiger partial charge in [-0.05, 0) is 30.2 Å². The second kappa shape index (κ2) is 4.99. The van der Waals surface area contributed by atoms with Crippen molar-refractivity contribution in [2.24, 2.45) is 7.05 Å². The van der Waals surface area contributed by atoms with E-state index in [-0.39, 0.29) is 11.1 Å². The number of aryl methyl sites for hydroxylation is 2. The molecular formula is C15H14N2O2. The van der Waals surface area contributed by atoms with Crippen LogP contribution >= 0.6 is 0 Å². The predicted molar refractivity (Wildman–Crippen MR) is 73.1 cm³/mol. The zero-order valence-electron chi connectivity index (χ0n) is 11.1. The van der Waals surface area contributed by atoms with Gasteiger partial charge in [0.25, 0.3) is 5.56 Å². The molecule has 1 aromatic carbocycles. The van der Waals surface area contributed by atoms with Gasteiger partial charge in [-0.15, -0.1) is 0 Å². The molecule has 96 valence electrons. The molecule has 1 aromatic heterocycles. The predicted octanol–water partition coefficient (Wildman–Crippen LogP) is 2.24. The maximum atomic E-state index is 12.0. The summed E-state index contributed by atoms with van der Waals surface area (Å²) in [5.74, 6) is 0.740. The molecule has 2 rings (SSSR count). The van der Waals surface area contributed by atoms with Crippen molar-refractivity contribution in [1.82, 2.24) is 4.57 Å². The van der Waals surface area contributed by atoms with Gasteiger partial charge in [0.1, 0.15) is 17.4 Å². The van der Waals surface area contributed by atoms with Gasteiger partial charge in [-0.3, -0.25) is 4.79 Å². The van der Waals surface area contributed by atoms with Crippen LogP contribution in [0.2, 0.25) is 0 Å². The van der Waals surface area contributed by atoms with E-state index in [9.17, 15) is 10.1 Å². The van der Waals surface area contributed by atoms with Crippen LogP contribution in [-0.4, -0.2) is 11.7 Å². The van der Waals surface area contributed by atoms with Crippen molar-refractivity contribution in [3.63, 3.8) is 0 Å². The lowest BCUT2D eigenvalue weighted by molar-refractivity contribution is 0.415. The summed E-state index contributed by atoms with van der Waals surface area (Å²) in [5.41, 5.74) is 2.32. The first-order valence-corrected chi connectivity index (χ1v) is 5.83. The number of ether oxygens (including phenoxy) is 1. The van der Waals surface area contributed by atoms with Gasteiger partial charge in [0.2, 0.25) is 0 Å². The summed E-state index contributed by atoms with van der Waals surface area (Å²) in [6.07, 6.45) is 1.74. The Morgan fingerprint density at radius 2 is 1.89 bits per heavy atom. The summed E-state index contributed by atoms with van der Waals surface area (Å²) in [6, 6.07) is 9.33. The first-order valence-electron chi connectivity index (χ1n) is 5.83. The van der Waals surface area contributed by atoms with Crippen molar-refractivity contribution < 1.29 is 4.74 Å². The van der Waals surface area contributed by atoms with Crippen LogP contribution in [0.4, 0.5) is 0 Å². The minimum absolute atomic E-state index is 0.174. The second-order valence-corrected chi connectivity index (χ2v) is 4.32. The minimum Gasteiger partial charge on any atom is -0.497 e. The highest BCUT2D eigenvalue weighted by molar-refractivity contribution is 5.73. The van der Waals surface area contributed by atoms with Crippen LogP contribution in [0.3, 0.4) is 0 Å². The maximum absolute atomic E-state index is 12.0. The SMILES string of the molecule is COc1ccc(-c2c(C)cn(C)c(=O)c2C#N)cc1. The molecule has 0 radical (unpaired) electrons. The van der Waals surface area contributed by atoms with E-state index >= 15 is 0 Å². The lowest BCUT2D eigenvalue weighted by Gasteiger charge is -2.10. The summed E-state index contributed by atoms with van der Waals surface area (Å²) in [4.78, 5) is 12.0. The zero-order chi connectivity index (χ0) is 14.0. The van der Waals surface area contributed by atoms with E-state index in [1.807, 2.05) is 37.3 Å². The molecule has 0 unspecified atom stereocenters. The summed E-state index contributed by atoms with van der Waals surface area (Å²) in [5, 5.41) is 9.22. The summed E-state index contributed by atoms with van der Waals surface area (Å²) >= 11 is 0. The van der Waals surface area contributed by atoms with E-state index in [0.717, 1.165) is 16.9 Å². The average molecular weight is 254 g/mol. The third-order valence-electron chi connectivity index (χ3n) is 3.06. The lowest BCUT2D eigenvalue weighted by atomic mass is 9.97. The monoisotopic (exact) mass is 254 g/mol. The Hall–Kier alpha value is -2.54. The molecule has 0 saturated carbocycles. The van der Waals surface area contributed by atoms with Crippen LogP contribution in [0.25, 0.3) is 11.1 Å².